The monoisotopic (exact) mass is 272 g/mol. The van der Waals surface area contributed by atoms with Crippen LogP contribution in [0.15, 0.2) is 78.9 Å². The van der Waals surface area contributed by atoms with Crippen molar-refractivity contribution in [3.05, 3.63) is 95.6 Å². The van der Waals surface area contributed by atoms with Crippen LogP contribution in [0.25, 0.3) is 11.1 Å². The fraction of sp³-hybridized carbons (Fsp3) is 0.143. The number of rotatable bonds is 3. The van der Waals surface area contributed by atoms with Crippen molar-refractivity contribution in [2.45, 2.75) is 19.8 Å². The molecule has 0 aliphatic rings. The van der Waals surface area contributed by atoms with E-state index >= 15 is 0 Å². The zero-order chi connectivity index (χ0) is 14.7. The second kappa shape index (κ2) is 5.97. The normalized spacial score (nSPS) is 12.1. The van der Waals surface area contributed by atoms with Crippen LogP contribution in [0.3, 0.4) is 0 Å². The van der Waals surface area contributed by atoms with Gasteiger partial charge in [0, 0.05) is 5.92 Å². The Kier molecular flexibility index (Phi) is 3.87. The molecule has 104 valence electrons. The van der Waals surface area contributed by atoms with Crippen molar-refractivity contribution >= 4 is 0 Å². The molecular weight excluding hydrogens is 252 g/mol. The van der Waals surface area contributed by atoms with Gasteiger partial charge in [0.2, 0.25) is 0 Å². The van der Waals surface area contributed by atoms with Crippen molar-refractivity contribution in [3.8, 4) is 11.1 Å². The molecule has 0 amide bonds. The summed E-state index contributed by atoms with van der Waals surface area (Å²) < 4.78 is 0. The maximum atomic E-state index is 2.28. The molecule has 0 nitrogen and oxygen atoms in total. The van der Waals surface area contributed by atoms with Gasteiger partial charge in [-0.05, 0) is 29.2 Å². The van der Waals surface area contributed by atoms with E-state index < -0.39 is 0 Å². The molecule has 3 rings (SSSR count). The minimum atomic E-state index is 0.392. The van der Waals surface area contributed by atoms with Crippen molar-refractivity contribution in [2.75, 3.05) is 0 Å². The molecule has 0 spiro atoms. The second-order valence-electron chi connectivity index (χ2n) is 5.59. The summed E-state index contributed by atoms with van der Waals surface area (Å²) >= 11 is 0. The van der Waals surface area contributed by atoms with Gasteiger partial charge in [-0.25, -0.2) is 0 Å². The number of aryl methyl sites for hydroxylation is 1. The Morgan fingerprint density at radius 3 is 2.00 bits per heavy atom. The van der Waals surface area contributed by atoms with E-state index in [2.05, 4.69) is 92.7 Å². The Morgan fingerprint density at radius 1 is 0.667 bits per heavy atom. The van der Waals surface area contributed by atoms with Crippen LogP contribution in [-0.4, -0.2) is 0 Å². The third-order valence-electron chi connectivity index (χ3n) is 4.09. The predicted molar refractivity (Wildman–Crippen MR) is 90.6 cm³/mol. The standard InChI is InChI=1S/C21H20/c1-16-12-14-19(15-13-16)21-11-7-6-10-20(21)17(2)18-8-4-3-5-9-18/h3-15,17H,1-2H3. The van der Waals surface area contributed by atoms with Gasteiger partial charge in [0.05, 0.1) is 0 Å². The minimum Gasteiger partial charge on any atom is -0.0622 e. The quantitative estimate of drug-likeness (QED) is 0.564. The fourth-order valence-electron chi connectivity index (χ4n) is 2.79. The molecule has 0 aromatic heterocycles. The predicted octanol–water partition coefficient (Wildman–Crippen LogP) is 5.81. The summed E-state index contributed by atoms with van der Waals surface area (Å²) in [4.78, 5) is 0. The molecule has 1 unspecified atom stereocenters. The lowest BCUT2D eigenvalue weighted by atomic mass is 9.87. The van der Waals surface area contributed by atoms with E-state index in [1.807, 2.05) is 0 Å². The van der Waals surface area contributed by atoms with E-state index in [0.717, 1.165) is 0 Å². The highest BCUT2D eigenvalue weighted by Crippen LogP contribution is 2.33. The Bertz CT molecular complexity index is 709. The summed E-state index contributed by atoms with van der Waals surface area (Å²) in [5, 5.41) is 0. The van der Waals surface area contributed by atoms with E-state index in [0.29, 0.717) is 5.92 Å². The molecular formula is C21H20. The molecule has 0 aliphatic heterocycles. The van der Waals surface area contributed by atoms with Gasteiger partial charge in [-0.1, -0.05) is 91.3 Å². The molecule has 0 heterocycles. The van der Waals surface area contributed by atoms with E-state index in [1.165, 1.54) is 27.8 Å². The Morgan fingerprint density at radius 2 is 1.29 bits per heavy atom. The van der Waals surface area contributed by atoms with E-state index in [9.17, 15) is 0 Å². The maximum Gasteiger partial charge on any atom is 0.00671 e. The lowest BCUT2D eigenvalue weighted by molar-refractivity contribution is 0.925. The van der Waals surface area contributed by atoms with Crippen LogP contribution < -0.4 is 0 Å². The molecule has 0 aliphatic carbocycles. The third-order valence-corrected chi connectivity index (χ3v) is 4.09. The smallest absolute Gasteiger partial charge is 0.00671 e. The fourth-order valence-corrected chi connectivity index (χ4v) is 2.79. The largest absolute Gasteiger partial charge is 0.0622 e. The van der Waals surface area contributed by atoms with Crippen LogP contribution in [0, 0.1) is 6.92 Å². The Labute approximate surface area is 127 Å². The van der Waals surface area contributed by atoms with Crippen LogP contribution in [0.1, 0.15) is 29.5 Å². The van der Waals surface area contributed by atoms with Gasteiger partial charge in [0.1, 0.15) is 0 Å². The topological polar surface area (TPSA) is 0 Å². The number of benzene rings is 3. The average molecular weight is 272 g/mol. The first-order valence-corrected chi connectivity index (χ1v) is 7.46. The van der Waals surface area contributed by atoms with E-state index in [-0.39, 0.29) is 0 Å². The first kappa shape index (κ1) is 13.6. The summed E-state index contributed by atoms with van der Waals surface area (Å²) in [6.07, 6.45) is 0. The first-order valence-electron chi connectivity index (χ1n) is 7.46. The highest BCUT2D eigenvalue weighted by atomic mass is 14.2. The SMILES string of the molecule is Cc1ccc(-c2ccccc2C(C)c2ccccc2)cc1. The summed E-state index contributed by atoms with van der Waals surface area (Å²) in [5.74, 6) is 0.392. The van der Waals surface area contributed by atoms with Crippen molar-refractivity contribution in [1.82, 2.24) is 0 Å². The van der Waals surface area contributed by atoms with Crippen LogP contribution >= 0.6 is 0 Å². The second-order valence-corrected chi connectivity index (χ2v) is 5.59. The number of hydrogen-bond donors (Lipinski definition) is 0. The zero-order valence-electron chi connectivity index (χ0n) is 12.6. The minimum absolute atomic E-state index is 0.392. The lowest BCUT2D eigenvalue weighted by Crippen LogP contribution is -1.98. The highest BCUT2D eigenvalue weighted by molar-refractivity contribution is 5.69. The summed E-state index contributed by atoms with van der Waals surface area (Å²) in [6.45, 7) is 4.41. The van der Waals surface area contributed by atoms with Crippen molar-refractivity contribution in [2.24, 2.45) is 0 Å². The van der Waals surface area contributed by atoms with Gasteiger partial charge in [-0.2, -0.15) is 0 Å². The summed E-state index contributed by atoms with van der Waals surface area (Å²) in [7, 11) is 0. The van der Waals surface area contributed by atoms with E-state index in [4.69, 9.17) is 0 Å². The van der Waals surface area contributed by atoms with Gasteiger partial charge in [-0.15, -0.1) is 0 Å². The third kappa shape index (κ3) is 2.90. The molecule has 0 saturated carbocycles. The van der Waals surface area contributed by atoms with Gasteiger partial charge in [0.15, 0.2) is 0 Å². The molecule has 3 aromatic rings. The average Bonchev–Trinajstić information content (AvgIpc) is 2.56. The van der Waals surface area contributed by atoms with Crippen LogP contribution in [0.4, 0.5) is 0 Å². The highest BCUT2D eigenvalue weighted by Gasteiger charge is 2.13. The molecule has 0 fully saturated rings. The van der Waals surface area contributed by atoms with Crippen LogP contribution in [0.2, 0.25) is 0 Å². The van der Waals surface area contributed by atoms with Gasteiger partial charge >= 0.3 is 0 Å². The van der Waals surface area contributed by atoms with Crippen LogP contribution in [-0.2, 0) is 0 Å². The maximum absolute atomic E-state index is 2.28. The van der Waals surface area contributed by atoms with Gasteiger partial charge in [-0.3, -0.25) is 0 Å². The molecule has 0 bridgehead atoms. The molecule has 0 N–H and O–H groups in total. The molecule has 21 heavy (non-hydrogen) atoms. The van der Waals surface area contributed by atoms with Gasteiger partial charge in [0.25, 0.3) is 0 Å². The Hall–Kier alpha value is -2.34. The molecule has 0 radical (unpaired) electrons. The van der Waals surface area contributed by atoms with Gasteiger partial charge < -0.3 is 0 Å². The first-order chi connectivity index (χ1) is 10.3. The van der Waals surface area contributed by atoms with Crippen LogP contribution in [0.5, 0.6) is 0 Å². The molecule has 3 aromatic carbocycles. The Balaban J connectivity index is 2.06. The van der Waals surface area contributed by atoms with Crippen molar-refractivity contribution < 1.29 is 0 Å². The number of hydrogen-bond acceptors (Lipinski definition) is 0. The molecule has 0 heteroatoms. The van der Waals surface area contributed by atoms with Crippen molar-refractivity contribution in [3.63, 3.8) is 0 Å². The lowest BCUT2D eigenvalue weighted by Gasteiger charge is -2.17. The summed E-state index contributed by atoms with van der Waals surface area (Å²) in [5.41, 5.74) is 6.66. The molecule has 1 atom stereocenters. The summed E-state index contributed by atoms with van der Waals surface area (Å²) in [6, 6.07) is 28.2. The zero-order valence-corrected chi connectivity index (χ0v) is 12.6. The molecule has 0 saturated heterocycles. The van der Waals surface area contributed by atoms with Crippen molar-refractivity contribution in [1.29, 1.82) is 0 Å². The van der Waals surface area contributed by atoms with E-state index in [1.54, 1.807) is 0 Å².